The SMILES string of the molecule is CCC(Cl)OP(O)OCCCOP(O)OC(Cl)CC. The number of alkyl halides is 2. The van der Waals surface area contributed by atoms with Gasteiger partial charge in [0.1, 0.15) is 11.1 Å². The van der Waals surface area contributed by atoms with Crippen LogP contribution in [0.15, 0.2) is 0 Å². The summed E-state index contributed by atoms with van der Waals surface area (Å²) in [7, 11) is -3.94. The smallest absolute Gasteiger partial charge is 0.328 e. The molecule has 0 aromatic carbocycles. The minimum absolute atomic E-state index is 0.233. The Bertz CT molecular complexity index is 197. The Balaban J connectivity index is 3.44. The summed E-state index contributed by atoms with van der Waals surface area (Å²) in [5.41, 5.74) is -1.11. The van der Waals surface area contributed by atoms with E-state index in [0.717, 1.165) is 0 Å². The van der Waals surface area contributed by atoms with Crippen LogP contribution in [0, 0.1) is 0 Å². The Kier molecular flexibility index (Phi) is 13.7. The summed E-state index contributed by atoms with van der Waals surface area (Å²) >= 11 is 11.3. The van der Waals surface area contributed by atoms with Gasteiger partial charge in [0.2, 0.25) is 0 Å². The Hall–Kier alpha value is 1.20. The monoisotopic (exact) mass is 356 g/mol. The van der Waals surface area contributed by atoms with Crippen molar-refractivity contribution in [2.24, 2.45) is 0 Å². The summed E-state index contributed by atoms with van der Waals surface area (Å²) in [6.45, 7) is 4.13. The van der Waals surface area contributed by atoms with E-state index in [1.165, 1.54) is 0 Å². The molecule has 0 aliphatic rings. The first-order valence-corrected chi connectivity index (χ1v) is 8.98. The minimum atomic E-state index is -1.97. The van der Waals surface area contributed by atoms with Gasteiger partial charge in [0, 0.05) is 0 Å². The molecule has 0 saturated carbocycles. The van der Waals surface area contributed by atoms with E-state index in [0.29, 0.717) is 19.3 Å². The molecular weight excluding hydrogens is 337 g/mol. The van der Waals surface area contributed by atoms with Crippen LogP contribution in [0.1, 0.15) is 33.1 Å². The molecule has 0 bridgehead atoms. The number of halogens is 2. The van der Waals surface area contributed by atoms with E-state index < -0.39 is 28.3 Å². The molecule has 10 heteroatoms. The third kappa shape index (κ3) is 12.6. The molecule has 0 rings (SSSR count). The van der Waals surface area contributed by atoms with Gasteiger partial charge in [0.05, 0.1) is 13.2 Å². The molecule has 4 unspecified atom stereocenters. The molecule has 19 heavy (non-hydrogen) atoms. The quantitative estimate of drug-likeness (QED) is 0.314. The Labute approximate surface area is 126 Å². The van der Waals surface area contributed by atoms with Gasteiger partial charge in [-0.1, -0.05) is 37.0 Å². The molecule has 4 atom stereocenters. The molecular formula is C9H20Cl2O6P2. The molecule has 0 spiro atoms. The third-order valence-electron chi connectivity index (χ3n) is 1.74. The molecule has 0 saturated heterocycles. The fraction of sp³-hybridized carbons (Fsp3) is 1.00. The van der Waals surface area contributed by atoms with E-state index in [9.17, 15) is 9.79 Å². The van der Waals surface area contributed by atoms with Crippen molar-refractivity contribution < 1.29 is 27.9 Å². The van der Waals surface area contributed by atoms with Crippen LogP contribution in [0.2, 0.25) is 0 Å². The average molecular weight is 357 g/mol. The van der Waals surface area contributed by atoms with Gasteiger partial charge in [-0.25, -0.2) is 0 Å². The van der Waals surface area contributed by atoms with Crippen LogP contribution < -0.4 is 0 Å². The van der Waals surface area contributed by atoms with Crippen LogP contribution in [0.5, 0.6) is 0 Å². The zero-order valence-electron chi connectivity index (χ0n) is 10.9. The minimum Gasteiger partial charge on any atom is -0.328 e. The Morgan fingerprint density at radius 3 is 1.58 bits per heavy atom. The highest BCUT2D eigenvalue weighted by Crippen LogP contribution is 2.38. The second kappa shape index (κ2) is 12.9. The maximum Gasteiger partial charge on any atom is 0.331 e. The molecule has 0 aliphatic heterocycles. The number of hydrogen-bond acceptors (Lipinski definition) is 6. The van der Waals surface area contributed by atoms with Crippen LogP contribution in [0.3, 0.4) is 0 Å². The maximum absolute atomic E-state index is 9.32. The molecule has 0 amide bonds. The average Bonchev–Trinajstić information content (AvgIpc) is 2.37. The summed E-state index contributed by atoms with van der Waals surface area (Å²) in [5.74, 6) is 0. The van der Waals surface area contributed by atoms with E-state index in [-0.39, 0.29) is 13.2 Å². The molecule has 0 radical (unpaired) electrons. The van der Waals surface area contributed by atoms with Crippen molar-refractivity contribution in [3.8, 4) is 0 Å². The first kappa shape index (κ1) is 20.2. The number of rotatable bonds is 12. The standard InChI is InChI=1S/C9H20Cl2O6P2/c1-3-8(10)16-18(12)14-6-5-7-15-19(13)17-9(11)4-2/h8-9,12-13H,3-7H2,1-2H3. The van der Waals surface area contributed by atoms with Crippen LogP contribution in [-0.2, 0) is 18.1 Å². The van der Waals surface area contributed by atoms with Gasteiger partial charge in [-0.3, -0.25) is 9.05 Å². The second-order valence-corrected chi connectivity index (χ2v) is 6.21. The van der Waals surface area contributed by atoms with Crippen molar-refractivity contribution in [2.45, 2.75) is 44.2 Å². The summed E-state index contributed by atoms with van der Waals surface area (Å²) in [6.07, 6.45) is 1.64. The van der Waals surface area contributed by atoms with Crippen molar-refractivity contribution in [3.05, 3.63) is 0 Å². The molecule has 6 nitrogen and oxygen atoms in total. The van der Waals surface area contributed by atoms with Crippen molar-refractivity contribution >= 4 is 40.4 Å². The van der Waals surface area contributed by atoms with E-state index in [4.69, 9.17) is 41.3 Å². The maximum atomic E-state index is 9.32. The predicted octanol–water partition coefficient (Wildman–Crippen LogP) is 3.83. The van der Waals surface area contributed by atoms with E-state index in [2.05, 4.69) is 0 Å². The Morgan fingerprint density at radius 1 is 0.895 bits per heavy atom. The zero-order valence-corrected chi connectivity index (χ0v) is 14.2. The van der Waals surface area contributed by atoms with Gasteiger partial charge in [0.15, 0.2) is 0 Å². The van der Waals surface area contributed by atoms with Gasteiger partial charge in [-0.05, 0) is 19.3 Å². The van der Waals surface area contributed by atoms with E-state index >= 15 is 0 Å². The lowest BCUT2D eigenvalue weighted by Gasteiger charge is -2.15. The normalized spacial score (nSPS) is 18.0. The van der Waals surface area contributed by atoms with Crippen molar-refractivity contribution in [1.82, 2.24) is 0 Å². The number of hydrogen-bond donors (Lipinski definition) is 2. The largest absolute Gasteiger partial charge is 0.331 e. The summed E-state index contributed by atoms with van der Waals surface area (Å²) in [4.78, 5) is 18.6. The lowest BCUT2D eigenvalue weighted by molar-refractivity contribution is 0.155. The molecule has 0 heterocycles. The van der Waals surface area contributed by atoms with Crippen LogP contribution >= 0.6 is 40.4 Å². The van der Waals surface area contributed by atoms with Gasteiger partial charge in [-0.2, -0.15) is 0 Å². The zero-order chi connectivity index (χ0) is 14.7. The van der Waals surface area contributed by atoms with Crippen LogP contribution in [0.25, 0.3) is 0 Å². The van der Waals surface area contributed by atoms with Gasteiger partial charge >= 0.3 is 17.2 Å². The van der Waals surface area contributed by atoms with E-state index in [1.807, 2.05) is 13.8 Å². The predicted molar refractivity (Wildman–Crippen MR) is 76.8 cm³/mol. The van der Waals surface area contributed by atoms with Gasteiger partial charge in [-0.15, -0.1) is 0 Å². The van der Waals surface area contributed by atoms with Crippen LogP contribution in [0.4, 0.5) is 0 Å². The topological polar surface area (TPSA) is 77.4 Å². The van der Waals surface area contributed by atoms with Gasteiger partial charge < -0.3 is 18.8 Å². The highest BCUT2D eigenvalue weighted by Gasteiger charge is 2.14. The summed E-state index contributed by atoms with van der Waals surface area (Å²) in [6, 6.07) is 0. The molecule has 0 aromatic rings. The Morgan fingerprint density at radius 2 is 1.26 bits per heavy atom. The highest BCUT2D eigenvalue weighted by atomic mass is 35.5. The van der Waals surface area contributed by atoms with Crippen molar-refractivity contribution in [1.29, 1.82) is 0 Å². The second-order valence-electron chi connectivity index (χ2n) is 3.34. The van der Waals surface area contributed by atoms with Crippen molar-refractivity contribution in [2.75, 3.05) is 13.2 Å². The molecule has 0 aromatic heterocycles. The van der Waals surface area contributed by atoms with Crippen LogP contribution in [-0.4, -0.2) is 34.1 Å². The third-order valence-corrected chi connectivity index (χ3v) is 4.46. The fourth-order valence-electron chi connectivity index (χ4n) is 0.750. The molecule has 116 valence electrons. The van der Waals surface area contributed by atoms with Gasteiger partial charge in [0.25, 0.3) is 0 Å². The molecule has 0 fully saturated rings. The highest BCUT2D eigenvalue weighted by molar-refractivity contribution is 7.40. The first-order chi connectivity index (χ1) is 8.99. The summed E-state index contributed by atoms with van der Waals surface area (Å²) in [5, 5.41) is 0. The summed E-state index contributed by atoms with van der Waals surface area (Å²) < 4.78 is 19.8. The lowest BCUT2D eigenvalue weighted by Crippen LogP contribution is -2.04. The first-order valence-electron chi connectivity index (χ1n) is 5.85. The lowest BCUT2D eigenvalue weighted by atomic mass is 10.5. The van der Waals surface area contributed by atoms with E-state index in [1.54, 1.807) is 0 Å². The molecule has 2 N–H and O–H groups in total. The molecule has 0 aliphatic carbocycles. The fourth-order valence-corrected chi connectivity index (χ4v) is 2.54. The van der Waals surface area contributed by atoms with Crippen molar-refractivity contribution in [3.63, 3.8) is 0 Å².